The first-order valence-electron chi connectivity index (χ1n) is 7.69. The average molecular weight is 328 g/mol. The van der Waals surface area contributed by atoms with Gasteiger partial charge in [-0.2, -0.15) is 5.26 Å². The Morgan fingerprint density at radius 3 is 2.75 bits per heavy atom. The standard InChI is InChI=1S/C17H20N4O3/c1-11(2)9-19-14(22)10-21-15(23)17(3,20-16(21)24)13-6-4-5-12(7-13)8-18/h4-7,11H,9-10H2,1-3H3,(H,19,22)(H,20,24). The summed E-state index contributed by atoms with van der Waals surface area (Å²) in [6.07, 6.45) is 0. The number of hydrogen-bond donors (Lipinski definition) is 2. The maximum atomic E-state index is 12.7. The van der Waals surface area contributed by atoms with E-state index in [0.29, 0.717) is 17.7 Å². The van der Waals surface area contributed by atoms with E-state index in [0.717, 1.165) is 4.90 Å². The third-order valence-corrected chi connectivity index (χ3v) is 3.85. The molecule has 1 aliphatic rings. The number of nitrogens with zero attached hydrogens (tertiary/aromatic N) is 2. The van der Waals surface area contributed by atoms with Crippen LogP contribution in [0.15, 0.2) is 24.3 Å². The summed E-state index contributed by atoms with van der Waals surface area (Å²) in [4.78, 5) is 37.7. The highest BCUT2D eigenvalue weighted by Gasteiger charge is 2.49. The molecule has 1 saturated heterocycles. The van der Waals surface area contributed by atoms with Gasteiger partial charge in [0.05, 0.1) is 11.6 Å². The molecule has 1 fully saturated rings. The zero-order valence-electron chi connectivity index (χ0n) is 13.9. The molecule has 2 N–H and O–H groups in total. The Morgan fingerprint density at radius 1 is 1.42 bits per heavy atom. The van der Waals surface area contributed by atoms with Crippen LogP contribution in [0.1, 0.15) is 31.9 Å². The molecule has 0 spiro atoms. The van der Waals surface area contributed by atoms with E-state index >= 15 is 0 Å². The Labute approximate surface area is 140 Å². The molecular formula is C17H20N4O3. The molecule has 0 aliphatic carbocycles. The number of benzene rings is 1. The molecule has 7 nitrogen and oxygen atoms in total. The molecule has 24 heavy (non-hydrogen) atoms. The first kappa shape index (κ1) is 17.5. The number of nitriles is 1. The average Bonchev–Trinajstić information content (AvgIpc) is 2.77. The summed E-state index contributed by atoms with van der Waals surface area (Å²) < 4.78 is 0. The highest BCUT2D eigenvalue weighted by molar-refractivity contribution is 6.09. The van der Waals surface area contributed by atoms with E-state index in [1.54, 1.807) is 31.2 Å². The van der Waals surface area contributed by atoms with Crippen molar-refractivity contribution < 1.29 is 14.4 Å². The highest BCUT2D eigenvalue weighted by Crippen LogP contribution is 2.29. The molecule has 1 aromatic rings. The van der Waals surface area contributed by atoms with Gasteiger partial charge < -0.3 is 10.6 Å². The topological polar surface area (TPSA) is 102 Å². The van der Waals surface area contributed by atoms with E-state index in [4.69, 9.17) is 5.26 Å². The number of amides is 4. The van der Waals surface area contributed by atoms with Crippen LogP contribution in [0, 0.1) is 17.2 Å². The Hall–Kier alpha value is -2.88. The van der Waals surface area contributed by atoms with Gasteiger partial charge in [-0.05, 0) is 30.5 Å². The van der Waals surface area contributed by atoms with Crippen LogP contribution in [0.3, 0.4) is 0 Å². The number of imide groups is 1. The predicted octanol–water partition coefficient (Wildman–Crippen LogP) is 1.10. The summed E-state index contributed by atoms with van der Waals surface area (Å²) in [6, 6.07) is 7.87. The lowest BCUT2D eigenvalue weighted by molar-refractivity contribution is -0.134. The van der Waals surface area contributed by atoms with Crippen molar-refractivity contribution >= 4 is 17.8 Å². The maximum Gasteiger partial charge on any atom is 0.325 e. The molecule has 2 rings (SSSR count). The van der Waals surface area contributed by atoms with Crippen LogP contribution in [0.2, 0.25) is 0 Å². The van der Waals surface area contributed by atoms with Crippen LogP contribution in [-0.4, -0.2) is 35.8 Å². The molecule has 0 radical (unpaired) electrons. The monoisotopic (exact) mass is 328 g/mol. The minimum absolute atomic E-state index is 0.274. The fraction of sp³-hybridized carbons (Fsp3) is 0.412. The fourth-order valence-electron chi connectivity index (χ4n) is 2.45. The summed E-state index contributed by atoms with van der Waals surface area (Å²) in [6.45, 7) is 5.62. The maximum absolute atomic E-state index is 12.7. The summed E-state index contributed by atoms with van der Waals surface area (Å²) in [5.41, 5.74) is -0.392. The Balaban J connectivity index is 2.18. The van der Waals surface area contributed by atoms with Gasteiger partial charge in [0, 0.05) is 6.54 Å². The number of nitrogens with one attached hydrogen (secondary N) is 2. The number of rotatable bonds is 5. The lowest BCUT2D eigenvalue weighted by Gasteiger charge is -2.22. The van der Waals surface area contributed by atoms with Crippen molar-refractivity contribution in [2.24, 2.45) is 5.92 Å². The Morgan fingerprint density at radius 2 is 2.12 bits per heavy atom. The molecule has 1 atom stereocenters. The van der Waals surface area contributed by atoms with Crippen molar-refractivity contribution in [3.05, 3.63) is 35.4 Å². The van der Waals surface area contributed by atoms with Crippen LogP contribution in [0.25, 0.3) is 0 Å². The van der Waals surface area contributed by atoms with Gasteiger partial charge in [-0.15, -0.1) is 0 Å². The number of hydrogen-bond acceptors (Lipinski definition) is 4. The van der Waals surface area contributed by atoms with Gasteiger partial charge >= 0.3 is 6.03 Å². The van der Waals surface area contributed by atoms with Crippen LogP contribution < -0.4 is 10.6 Å². The predicted molar refractivity (Wildman–Crippen MR) is 86.6 cm³/mol. The van der Waals surface area contributed by atoms with Crippen LogP contribution in [0.4, 0.5) is 4.79 Å². The number of carbonyl (C=O) groups excluding carboxylic acids is 3. The van der Waals surface area contributed by atoms with Crippen molar-refractivity contribution in [1.82, 2.24) is 15.5 Å². The minimum atomic E-state index is -1.29. The Kier molecular flexibility index (Phi) is 4.88. The summed E-state index contributed by atoms with van der Waals surface area (Å²) in [5, 5.41) is 14.3. The zero-order chi connectivity index (χ0) is 17.9. The van der Waals surface area contributed by atoms with Gasteiger partial charge in [-0.25, -0.2) is 4.79 Å². The first-order chi connectivity index (χ1) is 11.3. The van der Waals surface area contributed by atoms with Gasteiger partial charge in [-0.1, -0.05) is 26.0 Å². The smallest absolute Gasteiger partial charge is 0.325 e. The molecule has 1 aliphatic heterocycles. The molecule has 1 aromatic carbocycles. The van der Waals surface area contributed by atoms with E-state index in [9.17, 15) is 14.4 Å². The molecule has 1 unspecified atom stereocenters. The summed E-state index contributed by atoms with van der Waals surface area (Å²) in [7, 11) is 0. The molecule has 4 amide bonds. The third kappa shape index (κ3) is 3.38. The second-order valence-electron chi connectivity index (χ2n) is 6.34. The van der Waals surface area contributed by atoms with E-state index in [1.165, 1.54) is 0 Å². The molecule has 0 aromatic heterocycles. The lowest BCUT2D eigenvalue weighted by atomic mass is 9.91. The minimum Gasteiger partial charge on any atom is -0.354 e. The van der Waals surface area contributed by atoms with Crippen molar-refractivity contribution in [1.29, 1.82) is 5.26 Å². The van der Waals surface area contributed by atoms with Gasteiger partial charge in [0.25, 0.3) is 5.91 Å². The molecule has 7 heteroatoms. The fourth-order valence-corrected chi connectivity index (χ4v) is 2.45. The van der Waals surface area contributed by atoms with Gasteiger partial charge in [0.2, 0.25) is 5.91 Å². The van der Waals surface area contributed by atoms with E-state index in [1.807, 2.05) is 19.9 Å². The van der Waals surface area contributed by atoms with Crippen LogP contribution in [-0.2, 0) is 15.1 Å². The van der Waals surface area contributed by atoms with Crippen LogP contribution in [0.5, 0.6) is 0 Å². The third-order valence-electron chi connectivity index (χ3n) is 3.85. The lowest BCUT2D eigenvalue weighted by Crippen LogP contribution is -2.43. The van der Waals surface area contributed by atoms with Crippen molar-refractivity contribution in [3.63, 3.8) is 0 Å². The van der Waals surface area contributed by atoms with Crippen LogP contribution >= 0.6 is 0 Å². The second-order valence-corrected chi connectivity index (χ2v) is 6.34. The second kappa shape index (κ2) is 6.71. The molecule has 0 bridgehead atoms. The van der Waals surface area contributed by atoms with Gasteiger partial charge in [0.15, 0.2) is 0 Å². The molecular weight excluding hydrogens is 308 g/mol. The van der Waals surface area contributed by atoms with Crippen molar-refractivity contribution in [3.8, 4) is 6.07 Å². The SMILES string of the molecule is CC(C)CNC(=O)CN1C(=O)NC(C)(c2cccc(C#N)c2)C1=O. The molecule has 0 saturated carbocycles. The van der Waals surface area contributed by atoms with Crippen molar-refractivity contribution in [2.75, 3.05) is 13.1 Å². The first-order valence-corrected chi connectivity index (χ1v) is 7.69. The van der Waals surface area contributed by atoms with Gasteiger partial charge in [-0.3, -0.25) is 14.5 Å². The summed E-state index contributed by atoms with van der Waals surface area (Å²) >= 11 is 0. The normalized spacial score (nSPS) is 20.0. The Bertz CT molecular complexity index is 723. The van der Waals surface area contributed by atoms with E-state index in [2.05, 4.69) is 10.6 Å². The highest BCUT2D eigenvalue weighted by atomic mass is 16.2. The van der Waals surface area contributed by atoms with E-state index < -0.39 is 17.5 Å². The number of urea groups is 1. The van der Waals surface area contributed by atoms with Crippen molar-refractivity contribution in [2.45, 2.75) is 26.3 Å². The number of carbonyl (C=O) groups is 3. The summed E-state index contributed by atoms with van der Waals surface area (Å²) in [5.74, 6) is -0.624. The quantitative estimate of drug-likeness (QED) is 0.790. The van der Waals surface area contributed by atoms with Gasteiger partial charge in [0.1, 0.15) is 12.1 Å². The molecule has 1 heterocycles. The largest absolute Gasteiger partial charge is 0.354 e. The van der Waals surface area contributed by atoms with E-state index in [-0.39, 0.29) is 18.4 Å². The molecule has 126 valence electrons. The zero-order valence-corrected chi connectivity index (χ0v) is 13.9.